The summed E-state index contributed by atoms with van der Waals surface area (Å²) < 4.78 is 0. The van der Waals surface area contributed by atoms with Crippen LogP contribution in [0.3, 0.4) is 0 Å². The highest BCUT2D eigenvalue weighted by Crippen LogP contribution is 2.31. The topological polar surface area (TPSA) is 49.4 Å². The van der Waals surface area contributed by atoms with Gasteiger partial charge in [0.05, 0.1) is 6.42 Å². The fourth-order valence-corrected chi connectivity index (χ4v) is 3.09. The van der Waals surface area contributed by atoms with Crippen LogP contribution in [0, 0.1) is 12.8 Å². The lowest BCUT2D eigenvalue weighted by atomic mass is 10.0. The van der Waals surface area contributed by atoms with Crippen LogP contribution in [-0.4, -0.2) is 35.8 Å². The second-order valence-electron chi connectivity index (χ2n) is 6.54. The number of amides is 2. The number of rotatable bonds is 4. The zero-order valence-electron chi connectivity index (χ0n) is 13.2. The molecule has 4 nitrogen and oxygen atoms in total. The molecule has 0 bridgehead atoms. The van der Waals surface area contributed by atoms with Crippen molar-refractivity contribution in [2.45, 2.75) is 45.1 Å². The lowest BCUT2D eigenvalue weighted by Gasteiger charge is -2.32. The molecule has 22 heavy (non-hydrogen) atoms. The molecular formula is C18H24N2O2. The average molecular weight is 300 g/mol. The molecule has 0 atom stereocenters. The van der Waals surface area contributed by atoms with E-state index in [0.29, 0.717) is 18.2 Å². The van der Waals surface area contributed by atoms with E-state index in [-0.39, 0.29) is 11.9 Å². The molecular weight excluding hydrogens is 276 g/mol. The van der Waals surface area contributed by atoms with Crippen molar-refractivity contribution in [1.29, 1.82) is 0 Å². The van der Waals surface area contributed by atoms with Crippen molar-refractivity contribution in [3.63, 3.8) is 0 Å². The van der Waals surface area contributed by atoms with Crippen molar-refractivity contribution in [2.24, 2.45) is 5.92 Å². The largest absolute Gasteiger partial charge is 0.353 e. The molecule has 1 N–H and O–H groups in total. The third kappa shape index (κ3) is 3.67. The molecule has 1 aromatic carbocycles. The SMILES string of the molecule is Cc1ccccc1CC(=O)NC1CCN(C(=O)C2CC2)CC1. The number of piperidine rings is 1. The molecule has 4 heteroatoms. The smallest absolute Gasteiger partial charge is 0.225 e. The van der Waals surface area contributed by atoms with Gasteiger partial charge in [-0.3, -0.25) is 9.59 Å². The Balaban J connectivity index is 1.45. The highest BCUT2D eigenvalue weighted by Gasteiger charge is 2.35. The summed E-state index contributed by atoms with van der Waals surface area (Å²) in [5.74, 6) is 0.707. The molecule has 2 aliphatic rings. The molecule has 1 aliphatic carbocycles. The molecule has 2 fully saturated rings. The number of likely N-dealkylation sites (tertiary alicyclic amines) is 1. The Morgan fingerprint density at radius 1 is 1.14 bits per heavy atom. The molecule has 2 amide bonds. The maximum atomic E-state index is 12.2. The third-order valence-electron chi connectivity index (χ3n) is 4.71. The second kappa shape index (κ2) is 6.51. The first-order valence-corrected chi connectivity index (χ1v) is 8.26. The van der Waals surface area contributed by atoms with Crippen LogP contribution < -0.4 is 5.32 Å². The van der Waals surface area contributed by atoms with Crippen LogP contribution in [0.2, 0.25) is 0 Å². The molecule has 3 rings (SSSR count). The number of aryl methyl sites for hydroxylation is 1. The van der Waals surface area contributed by atoms with Gasteiger partial charge in [0.15, 0.2) is 0 Å². The summed E-state index contributed by atoms with van der Waals surface area (Å²) in [7, 11) is 0. The zero-order chi connectivity index (χ0) is 15.5. The average Bonchev–Trinajstić information content (AvgIpc) is 3.34. The van der Waals surface area contributed by atoms with Crippen LogP contribution in [0.1, 0.15) is 36.8 Å². The molecule has 0 spiro atoms. The summed E-state index contributed by atoms with van der Waals surface area (Å²) >= 11 is 0. The first-order valence-electron chi connectivity index (χ1n) is 8.26. The Labute approximate surface area is 131 Å². The van der Waals surface area contributed by atoms with Crippen molar-refractivity contribution in [1.82, 2.24) is 10.2 Å². The van der Waals surface area contributed by atoms with Crippen LogP contribution in [-0.2, 0) is 16.0 Å². The van der Waals surface area contributed by atoms with Gasteiger partial charge < -0.3 is 10.2 Å². The quantitative estimate of drug-likeness (QED) is 0.925. The molecule has 1 heterocycles. The normalized spacial score (nSPS) is 19.0. The summed E-state index contributed by atoms with van der Waals surface area (Å²) in [6.07, 6.45) is 4.31. The van der Waals surface area contributed by atoms with Gasteiger partial charge in [-0.05, 0) is 43.7 Å². The minimum absolute atomic E-state index is 0.0845. The van der Waals surface area contributed by atoms with Crippen LogP contribution in [0.15, 0.2) is 24.3 Å². The fraction of sp³-hybridized carbons (Fsp3) is 0.556. The van der Waals surface area contributed by atoms with Crippen molar-refractivity contribution >= 4 is 11.8 Å². The lowest BCUT2D eigenvalue weighted by molar-refractivity contribution is -0.133. The van der Waals surface area contributed by atoms with E-state index in [1.807, 2.05) is 36.1 Å². The van der Waals surface area contributed by atoms with Gasteiger partial charge >= 0.3 is 0 Å². The predicted octanol–water partition coefficient (Wildman–Crippen LogP) is 2.05. The van der Waals surface area contributed by atoms with Gasteiger partial charge in [0.2, 0.25) is 11.8 Å². The molecule has 0 unspecified atom stereocenters. The summed E-state index contributed by atoms with van der Waals surface area (Å²) in [6, 6.07) is 8.21. The lowest BCUT2D eigenvalue weighted by Crippen LogP contribution is -2.47. The van der Waals surface area contributed by atoms with Crippen molar-refractivity contribution in [2.75, 3.05) is 13.1 Å². The summed E-state index contributed by atoms with van der Waals surface area (Å²) in [6.45, 7) is 3.60. The van der Waals surface area contributed by atoms with Crippen molar-refractivity contribution in [3.05, 3.63) is 35.4 Å². The van der Waals surface area contributed by atoms with E-state index in [1.54, 1.807) is 0 Å². The van der Waals surface area contributed by atoms with Crippen LogP contribution in [0.25, 0.3) is 0 Å². The first kappa shape index (κ1) is 15.1. The minimum Gasteiger partial charge on any atom is -0.353 e. The predicted molar refractivity (Wildman–Crippen MR) is 85.4 cm³/mol. The van der Waals surface area contributed by atoms with Gasteiger partial charge in [-0.15, -0.1) is 0 Å². The van der Waals surface area contributed by atoms with E-state index in [0.717, 1.165) is 49.9 Å². The summed E-state index contributed by atoms with van der Waals surface area (Å²) in [5.41, 5.74) is 2.24. The first-order chi connectivity index (χ1) is 10.6. The standard InChI is InChI=1S/C18H24N2O2/c1-13-4-2-3-5-15(13)12-17(21)19-16-8-10-20(11-9-16)18(22)14-6-7-14/h2-5,14,16H,6-12H2,1H3,(H,19,21). The van der Waals surface area contributed by atoms with E-state index >= 15 is 0 Å². The molecule has 0 radical (unpaired) electrons. The third-order valence-corrected chi connectivity index (χ3v) is 4.71. The van der Waals surface area contributed by atoms with Crippen molar-refractivity contribution < 1.29 is 9.59 Å². The number of hydrogen-bond acceptors (Lipinski definition) is 2. The van der Waals surface area contributed by atoms with Gasteiger partial charge in [-0.2, -0.15) is 0 Å². The summed E-state index contributed by atoms with van der Waals surface area (Å²) in [4.78, 5) is 26.2. The second-order valence-corrected chi connectivity index (χ2v) is 6.54. The van der Waals surface area contributed by atoms with Crippen molar-refractivity contribution in [3.8, 4) is 0 Å². The Morgan fingerprint density at radius 3 is 2.45 bits per heavy atom. The van der Waals surface area contributed by atoms with Gasteiger partial charge in [-0.1, -0.05) is 24.3 Å². The van der Waals surface area contributed by atoms with Gasteiger partial charge in [0.1, 0.15) is 0 Å². The fourth-order valence-electron chi connectivity index (χ4n) is 3.09. The molecule has 0 aromatic heterocycles. The Bertz CT molecular complexity index is 558. The van der Waals surface area contributed by atoms with E-state index < -0.39 is 0 Å². The maximum absolute atomic E-state index is 12.2. The highest BCUT2D eigenvalue weighted by molar-refractivity contribution is 5.81. The van der Waals surface area contributed by atoms with Crippen LogP contribution in [0.5, 0.6) is 0 Å². The van der Waals surface area contributed by atoms with E-state index in [1.165, 1.54) is 0 Å². The molecule has 1 saturated heterocycles. The molecule has 1 saturated carbocycles. The van der Waals surface area contributed by atoms with Crippen LogP contribution >= 0.6 is 0 Å². The molecule has 118 valence electrons. The molecule has 1 aromatic rings. The zero-order valence-corrected chi connectivity index (χ0v) is 13.2. The maximum Gasteiger partial charge on any atom is 0.225 e. The van der Waals surface area contributed by atoms with E-state index in [9.17, 15) is 9.59 Å². The Morgan fingerprint density at radius 2 is 1.82 bits per heavy atom. The number of benzene rings is 1. The van der Waals surface area contributed by atoms with Crippen LogP contribution in [0.4, 0.5) is 0 Å². The number of carbonyl (C=O) groups is 2. The highest BCUT2D eigenvalue weighted by atomic mass is 16.2. The number of carbonyl (C=O) groups excluding carboxylic acids is 2. The van der Waals surface area contributed by atoms with E-state index in [2.05, 4.69) is 5.32 Å². The van der Waals surface area contributed by atoms with Gasteiger partial charge in [0.25, 0.3) is 0 Å². The number of nitrogens with zero attached hydrogens (tertiary/aromatic N) is 1. The Hall–Kier alpha value is -1.84. The van der Waals surface area contributed by atoms with E-state index in [4.69, 9.17) is 0 Å². The molecule has 1 aliphatic heterocycles. The van der Waals surface area contributed by atoms with Gasteiger partial charge in [-0.25, -0.2) is 0 Å². The number of hydrogen-bond donors (Lipinski definition) is 1. The summed E-state index contributed by atoms with van der Waals surface area (Å²) in [5, 5.41) is 3.12. The minimum atomic E-state index is 0.0845. The number of nitrogens with one attached hydrogen (secondary N) is 1. The van der Waals surface area contributed by atoms with Gasteiger partial charge in [0, 0.05) is 25.0 Å². The Kier molecular flexibility index (Phi) is 4.46. The monoisotopic (exact) mass is 300 g/mol.